The van der Waals surface area contributed by atoms with E-state index in [0.29, 0.717) is 38.6 Å². The molecule has 8 heteroatoms. The average molecular weight is 442 g/mol. The van der Waals surface area contributed by atoms with Crippen molar-refractivity contribution in [3.8, 4) is 11.5 Å². The summed E-state index contributed by atoms with van der Waals surface area (Å²) in [7, 11) is 1.68. The van der Waals surface area contributed by atoms with E-state index in [9.17, 15) is 4.79 Å². The van der Waals surface area contributed by atoms with Crippen molar-refractivity contribution < 1.29 is 19.0 Å². The second-order valence-corrected chi connectivity index (χ2v) is 8.19. The molecule has 1 atom stereocenters. The zero-order chi connectivity index (χ0) is 21.6. The molecule has 0 saturated carbocycles. The fourth-order valence-electron chi connectivity index (χ4n) is 3.59. The van der Waals surface area contributed by atoms with Gasteiger partial charge in [-0.1, -0.05) is 36.0 Å². The number of carbonyl (C=O) groups excluding carboxylic acids is 1. The number of hydrogen-bond donors (Lipinski definition) is 0. The van der Waals surface area contributed by atoms with Gasteiger partial charge in [0.1, 0.15) is 6.61 Å². The van der Waals surface area contributed by atoms with E-state index in [-0.39, 0.29) is 12.0 Å². The lowest BCUT2D eigenvalue weighted by atomic mass is 10.2. The molecule has 1 aromatic heterocycles. The molecular formula is C23H27N3O4S. The molecule has 1 aliphatic rings. The molecule has 0 fully saturated rings. The highest BCUT2D eigenvalue weighted by atomic mass is 32.2. The number of hydrogen-bond acceptors (Lipinski definition) is 6. The molecule has 0 N–H and O–H groups in total. The van der Waals surface area contributed by atoms with E-state index < -0.39 is 0 Å². The molecule has 2 aromatic carbocycles. The van der Waals surface area contributed by atoms with E-state index >= 15 is 0 Å². The number of likely N-dealkylation sites (N-methyl/N-ethyl adjacent to an activating group) is 1. The lowest BCUT2D eigenvalue weighted by Gasteiger charge is -2.30. The van der Waals surface area contributed by atoms with E-state index in [4.69, 9.17) is 19.2 Å². The molecule has 3 aromatic rings. The summed E-state index contributed by atoms with van der Waals surface area (Å²) in [5.41, 5.74) is 1.97. The van der Waals surface area contributed by atoms with Crippen molar-refractivity contribution in [1.82, 2.24) is 14.5 Å². The zero-order valence-electron chi connectivity index (χ0n) is 17.8. The summed E-state index contributed by atoms with van der Waals surface area (Å²) in [6, 6.07) is 15.6. The Labute approximate surface area is 186 Å². The summed E-state index contributed by atoms with van der Waals surface area (Å²) in [4.78, 5) is 19.5. The monoisotopic (exact) mass is 441 g/mol. The predicted molar refractivity (Wildman–Crippen MR) is 121 cm³/mol. The first-order chi connectivity index (χ1) is 15.2. The number of fused-ring (bicyclic) bond motifs is 2. The van der Waals surface area contributed by atoms with Crippen LogP contribution in [-0.2, 0) is 16.1 Å². The predicted octanol–water partition coefficient (Wildman–Crippen LogP) is 3.46. The number of ether oxygens (including phenoxy) is 3. The fraction of sp³-hybridized carbons (Fsp3) is 0.391. The van der Waals surface area contributed by atoms with E-state index in [2.05, 4.69) is 4.57 Å². The van der Waals surface area contributed by atoms with Gasteiger partial charge < -0.3 is 23.7 Å². The van der Waals surface area contributed by atoms with Crippen LogP contribution < -0.4 is 9.47 Å². The number of nitrogens with zero attached hydrogens (tertiary/aromatic N) is 3. The number of methoxy groups -OCH3 is 1. The molecule has 2 heterocycles. The molecule has 4 rings (SSSR count). The molecule has 164 valence electrons. The highest BCUT2D eigenvalue weighted by molar-refractivity contribution is 7.99. The van der Waals surface area contributed by atoms with Crippen LogP contribution in [-0.4, -0.2) is 65.6 Å². The van der Waals surface area contributed by atoms with Crippen LogP contribution in [0.4, 0.5) is 0 Å². The van der Waals surface area contributed by atoms with Crippen molar-refractivity contribution in [1.29, 1.82) is 0 Å². The Morgan fingerprint density at radius 1 is 1.23 bits per heavy atom. The number of carbonyl (C=O) groups is 1. The number of para-hydroxylation sites is 4. The van der Waals surface area contributed by atoms with Gasteiger partial charge in [0.25, 0.3) is 0 Å². The molecule has 0 aliphatic carbocycles. The maximum atomic E-state index is 13.0. The Morgan fingerprint density at radius 3 is 2.81 bits per heavy atom. The zero-order valence-corrected chi connectivity index (χ0v) is 18.6. The van der Waals surface area contributed by atoms with Crippen LogP contribution in [0.1, 0.15) is 6.92 Å². The highest BCUT2D eigenvalue weighted by Gasteiger charge is 2.25. The van der Waals surface area contributed by atoms with Gasteiger partial charge in [-0.3, -0.25) is 4.79 Å². The van der Waals surface area contributed by atoms with Crippen LogP contribution >= 0.6 is 11.8 Å². The molecule has 0 saturated heterocycles. The van der Waals surface area contributed by atoms with Crippen molar-refractivity contribution in [2.75, 3.05) is 39.2 Å². The van der Waals surface area contributed by atoms with Gasteiger partial charge >= 0.3 is 0 Å². The number of rotatable bonds is 9. The highest BCUT2D eigenvalue weighted by Crippen LogP contribution is 2.31. The minimum Gasteiger partial charge on any atom is -0.486 e. The van der Waals surface area contributed by atoms with Gasteiger partial charge in [0, 0.05) is 20.2 Å². The Bertz CT molecular complexity index is 1040. The Balaban J connectivity index is 1.39. The summed E-state index contributed by atoms with van der Waals surface area (Å²) in [5.74, 6) is 1.84. The topological polar surface area (TPSA) is 65.8 Å². The van der Waals surface area contributed by atoms with Gasteiger partial charge in [0.15, 0.2) is 22.8 Å². The van der Waals surface area contributed by atoms with Crippen LogP contribution in [0.3, 0.4) is 0 Å². The first-order valence-electron chi connectivity index (χ1n) is 10.4. The van der Waals surface area contributed by atoms with Crippen molar-refractivity contribution in [2.24, 2.45) is 0 Å². The van der Waals surface area contributed by atoms with Crippen molar-refractivity contribution in [3.05, 3.63) is 48.5 Å². The van der Waals surface area contributed by atoms with Gasteiger partial charge in [-0.05, 0) is 31.2 Å². The molecular weight excluding hydrogens is 414 g/mol. The second kappa shape index (κ2) is 10.1. The normalized spacial score (nSPS) is 15.2. The van der Waals surface area contributed by atoms with Gasteiger partial charge in [-0.15, -0.1) is 0 Å². The van der Waals surface area contributed by atoms with Crippen molar-refractivity contribution >= 4 is 28.7 Å². The maximum absolute atomic E-state index is 13.0. The van der Waals surface area contributed by atoms with Crippen molar-refractivity contribution in [2.45, 2.75) is 24.7 Å². The van der Waals surface area contributed by atoms with Crippen LogP contribution in [0.2, 0.25) is 0 Å². The van der Waals surface area contributed by atoms with E-state index in [1.165, 1.54) is 11.8 Å². The lowest BCUT2D eigenvalue weighted by molar-refractivity contribution is -0.129. The third-order valence-electron chi connectivity index (χ3n) is 5.19. The average Bonchev–Trinajstić information content (AvgIpc) is 3.16. The Hall–Kier alpha value is -2.71. The molecule has 1 amide bonds. The van der Waals surface area contributed by atoms with E-state index in [1.54, 1.807) is 7.11 Å². The SMILES string of the molecule is CCN(CC1COc2ccccc2O1)C(=O)CSc1nc2ccccc2n1CCOC. The minimum atomic E-state index is -0.185. The second-order valence-electron chi connectivity index (χ2n) is 7.25. The number of imidazole rings is 1. The van der Waals surface area contributed by atoms with Gasteiger partial charge in [0.05, 0.1) is 29.9 Å². The van der Waals surface area contributed by atoms with Crippen LogP contribution in [0.25, 0.3) is 11.0 Å². The van der Waals surface area contributed by atoms with Gasteiger partial charge in [0.2, 0.25) is 5.91 Å². The van der Waals surface area contributed by atoms with Crippen LogP contribution in [0.15, 0.2) is 53.7 Å². The number of aromatic nitrogens is 2. The maximum Gasteiger partial charge on any atom is 0.233 e. The Kier molecular flexibility index (Phi) is 6.99. The van der Waals surface area contributed by atoms with Gasteiger partial charge in [-0.2, -0.15) is 0 Å². The largest absolute Gasteiger partial charge is 0.486 e. The molecule has 0 bridgehead atoms. The van der Waals surface area contributed by atoms with Crippen LogP contribution in [0, 0.1) is 0 Å². The number of amides is 1. The van der Waals surface area contributed by atoms with Crippen LogP contribution in [0.5, 0.6) is 11.5 Å². The summed E-state index contributed by atoms with van der Waals surface area (Å²) < 4.78 is 19.2. The summed E-state index contributed by atoms with van der Waals surface area (Å²) in [6.07, 6.45) is -0.185. The molecule has 7 nitrogen and oxygen atoms in total. The number of thioether (sulfide) groups is 1. The van der Waals surface area contributed by atoms with Crippen molar-refractivity contribution in [3.63, 3.8) is 0 Å². The first kappa shape index (κ1) is 21.5. The number of benzene rings is 2. The Morgan fingerprint density at radius 2 is 2.00 bits per heavy atom. The summed E-state index contributed by atoms with van der Waals surface area (Å²) in [5, 5.41) is 0.828. The summed E-state index contributed by atoms with van der Waals surface area (Å²) >= 11 is 1.46. The summed E-state index contributed by atoms with van der Waals surface area (Å²) in [6.45, 7) is 4.79. The molecule has 31 heavy (non-hydrogen) atoms. The quantitative estimate of drug-likeness (QED) is 0.474. The smallest absolute Gasteiger partial charge is 0.233 e. The third-order valence-corrected chi connectivity index (χ3v) is 6.15. The fourth-order valence-corrected chi connectivity index (χ4v) is 4.53. The lowest BCUT2D eigenvalue weighted by Crippen LogP contribution is -2.44. The van der Waals surface area contributed by atoms with Gasteiger partial charge in [-0.25, -0.2) is 4.98 Å². The minimum absolute atomic E-state index is 0.0558. The van der Waals surface area contributed by atoms with E-state index in [0.717, 1.165) is 27.7 Å². The molecule has 1 unspecified atom stereocenters. The molecule has 1 aliphatic heterocycles. The third kappa shape index (κ3) is 4.97. The first-order valence-corrected chi connectivity index (χ1v) is 11.4. The molecule has 0 spiro atoms. The molecule has 0 radical (unpaired) electrons. The standard InChI is InChI=1S/C23H27N3O4S/c1-3-25(14-17-15-29-20-10-6-7-11-21(20)30-17)22(27)16-31-23-24-18-8-4-5-9-19(18)26(23)12-13-28-2/h4-11,17H,3,12-16H2,1-2H3. The van der Waals surface area contributed by atoms with E-state index in [1.807, 2.05) is 60.4 Å².